The fourth-order valence-corrected chi connectivity index (χ4v) is 16.4. The first-order chi connectivity index (χ1) is 9.86. The van der Waals surface area contributed by atoms with Crippen LogP contribution in [0.15, 0.2) is 39.2 Å². The van der Waals surface area contributed by atoms with E-state index in [4.69, 9.17) is 0 Å². The molecule has 2 rings (SSSR count). The monoisotopic (exact) mass is 446 g/mol. The van der Waals surface area contributed by atoms with Gasteiger partial charge in [0.25, 0.3) is 0 Å². The molecule has 1 aliphatic carbocycles. The van der Waals surface area contributed by atoms with Crippen LogP contribution in [0.4, 0.5) is 0 Å². The summed E-state index contributed by atoms with van der Waals surface area (Å²) in [6.45, 7) is 11.0. The van der Waals surface area contributed by atoms with Crippen LogP contribution in [0.2, 0.25) is 13.1 Å². The summed E-state index contributed by atoms with van der Waals surface area (Å²) in [6.07, 6.45) is 5.68. The molecular formula is C17H24Cl2NOSiZr. The summed E-state index contributed by atoms with van der Waals surface area (Å²) in [5.74, 6) is -0.666. The Hall–Kier alpha value is -0.150. The average Bonchev–Trinajstić information content (AvgIpc) is 2.80. The normalized spacial score (nSPS) is 12.8. The number of hydrogen-bond donors (Lipinski definition) is 1. The summed E-state index contributed by atoms with van der Waals surface area (Å²) in [6, 6.07) is 6.11. The molecule has 1 amide bonds. The van der Waals surface area contributed by atoms with E-state index in [-0.39, 0.29) is 30.7 Å². The van der Waals surface area contributed by atoms with E-state index in [1.807, 2.05) is 26.0 Å². The summed E-state index contributed by atoms with van der Waals surface area (Å²) in [4.78, 5) is 12.6. The third-order valence-electron chi connectivity index (χ3n) is 3.70. The van der Waals surface area contributed by atoms with Crippen molar-refractivity contribution in [3.63, 3.8) is 0 Å². The van der Waals surface area contributed by atoms with Crippen molar-refractivity contribution in [1.29, 1.82) is 0 Å². The summed E-state index contributed by atoms with van der Waals surface area (Å²) in [5, 5.41) is 0. The van der Waals surface area contributed by atoms with Gasteiger partial charge in [0.05, 0.1) is 0 Å². The zero-order valence-corrected chi connectivity index (χ0v) is 19.5. The average molecular weight is 449 g/mol. The van der Waals surface area contributed by atoms with E-state index in [0.29, 0.717) is 0 Å². The van der Waals surface area contributed by atoms with E-state index < -0.39 is 27.1 Å². The molecule has 0 fully saturated rings. The summed E-state index contributed by atoms with van der Waals surface area (Å²) >= 11 is -1.95. The van der Waals surface area contributed by atoms with Gasteiger partial charge < -0.3 is 24.8 Å². The number of allylic oxidation sites excluding steroid dienone is 4. The number of nitrogens with one attached hydrogen (secondary N) is 1. The quantitative estimate of drug-likeness (QED) is 0.521. The molecular weight excluding hydrogens is 424 g/mol. The largest absolute Gasteiger partial charge is 1.00 e. The van der Waals surface area contributed by atoms with Gasteiger partial charge in [-0.3, -0.25) is 0 Å². The summed E-state index contributed by atoms with van der Waals surface area (Å²) < 4.78 is 5.03. The van der Waals surface area contributed by atoms with E-state index in [1.54, 1.807) is 3.28 Å². The van der Waals surface area contributed by atoms with Gasteiger partial charge in [0.1, 0.15) is 0 Å². The number of benzene rings is 1. The third kappa shape index (κ3) is 6.34. The zero-order valence-electron chi connectivity index (χ0n) is 14.3. The van der Waals surface area contributed by atoms with Gasteiger partial charge in [-0.15, -0.1) is 0 Å². The van der Waals surface area contributed by atoms with Crippen LogP contribution in [0.1, 0.15) is 34.8 Å². The van der Waals surface area contributed by atoms with E-state index in [0.717, 1.165) is 23.1 Å². The summed E-state index contributed by atoms with van der Waals surface area (Å²) in [7, 11) is 0. The molecule has 125 valence electrons. The van der Waals surface area contributed by atoms with Crippen molar-refractivity contribution < 1.29 is 50.8 Å². The van der Waals surface area contributed by atoms with Crippen molar-refractivity contribution in [2.75, 3.05) is 0 Å². The minimum atomic E-state index is -1.95. The Labute approximate surface area is 161 Å². The van der Waals surface area contributed by atoms with Crippen LogP contribution >= 0.6 is 0 Å². The number of halogens is 2. The molecule has 0 radical (unpaired) electrons. The van der Waals surface area contributed by atoms with Gasteiger partial charge in [0.2, 0.25) is 0 Å². The molecule has 2 nitrogen and oxygen atoms in total. The van der Waals surface area contributed by atoms with Crippen molar-refractivity contribution in [2.24, 2.45) is 0 Å². The van der Waals surface area contributed by atoms with Gasteiger partial charge in [-0.2, -0.15) is 0 Å². The molecule has 6 heteroatoms. The van der Waals surface area contributed by atoms with E-state index in [1.165, 1.54) is 5.57 Å². The fourth-order valence-electron chi connectivity index (χ4n) is 2.75. The van der Waals surface area contributed by atoms with Crippen LogP contribution in [0, 0.1) is 13.8 Å². The number of carbonyl (C=O) groups is 1. The molecule has 1 aromatic rings. The Kier molecular flexibility index (Phi) is 9.92. The molecule has 1 aromatic carbocycles. The van der Waals surface area contributed by atoms with Crippen molar-refractivity contribution in [3.05, 3.63) is 55.9 Å². The number of amides is 1. The second-order valence-electron chi connectivity index (χ2n) is 6.22. The number of aryl methyl sites for hydroxylation is 2. The van der Waals surface area contributed by atoms with Crippen LogP contribution < -0.4 is 28.1 Å². The maximum absolute atomic E-state index is 12.6. The van der Waals surface area contributed by atoms with Gasteiger partial charge in [0, 0.05) is 0 Å². The third-order valence-corrected chi connectivity index (χ3v) is 20.2. The van der Waals surface area contributed by atoms with E-state index >= 15 is 0 Å². The molecule has 0 unspecified atom stereocenters. The molecule has 0 saturated heterocycles. The van der Waals surface area contributed by atoms with Gasteiger partial charge in [-0.25, -0.2) is 0 Å². The van der Waals surface area contributed by atoms with Gasteiger partial charge in [0.15, 0.2) is 0 Å². The van der Waals surface area contributed by atoms with E-state index in [2.05, 4.69) is 41.5 Å². The number of carbonyl (C=O) groups excluding carboxylic acids is 1. The first kappa shape index (κ1) is 22.9. The maximum Gasteiger partial charge on any atom is -1.00 e. The Morgan fingerprint density at radius 3 is 2.09 bits per heavy atom. The van der Waals surface area contributed by atoms with E-state index in [9.17, 15) is 4.79 Å². The number of rotatable bonds is 4. The molecule has 23 heavy (non-hydrogen) atoms. The zero-order chi connectivity index (χ0) is 15.6. The van der Waals surface area contributed by atoms with Gasteiger partial charge in [-0.1, -0.05) is 0 Å². The standard InChI is InChI=1S/C9H11NO.C6H7.C2H7Si.2ClH.Zr/c1-6-3-7(2)5-8(4-6)9(10)11;1-6-4-2-3-5-6;1-3-2;;;/h3-5H,1-2H3,(H2,10,11);4-5H,2H2,1H3;3H,1-2H3;2*1H;/q;;;;;+3/p-3. The molecule has 0 heterocycles. The van der Waals surface area contributed by atoms with Crippen LogP contribution in [-0.2, 0) is 21.2 Å². The van der Waals surface area contributed by atoms with Crippen LogP contribution in [0.5, 0.6) is 0 Å². The summed E-state index contributed by atoms with van der Waals surface area (Å²) in [5.41, 5.74) is 4.50. The predicted molar refractivity (Wildman–Crippen MR) is 88.7 cm³/mol. The molecule has 0 aromatic heterocycles. The first-order valence-electron chi connectivity index (χ1n) is 7.51. The molecule has 1 aliphatic rings. The molecule has 0 spiro atoms. The Morgan fingerprint density at radius 2 is 1.65 bits per heavy atom. The van der Waals surface area contributed by atoms with Crippen molar-refractivity contribution >= 4 is 11.8 Å². The second kappa shape index (κ2) is 9.98. The topological polar surface area (TPSA) is 29.1 Å². The minimum absolute atomic E-state index is 0. The fraction of sp³-hybridized carbons (Fsp3) is 0.353. The van der Waals surface area contributed by atoms with Crippen molar-refractivity contribution in [2.45, 2.75) is 40.3 Å². The number of hydrogen-bond acceptors (Lipinski definition) is 1. The molecule has 0 atom stereocenters. The minimum Gasteiger partial charge on any atom is -1.00 e. The molecule has 1 N–H and O–H groups in total. The molecule has 0 aliphatic heterocycles. The second-order valence-corrected chi connectivity index (χ2v) is 24.7. The van der Waals surface area contributed by atoms with Gasteiger partial charge >= 0.3 is 137 Å². The Balaban J connectivity index is 0.00000242. The van der Waals surface area contributed by atoms with Gasteiger partial charge in [-0.05, 0) is 0 Å². The Bertz CT molecular complexity index is 609. The van der Waals surface area contributed by atoms with Crippen LogP contribution in [-0.4, -0.2) is 11.8 Å². The smallest absolute Gasteiger partial charge is 1.00 e. The van der Waals surface area contributed by atoms with Crippen molar-refractivity contribution in [3.8, 4) is 0 Å². The van der Waals surface area contributed by atoms with Crippen LogP contribution in [0.3, 0.4) is 0 Å². The first-order valence-corrected chi connectivity index (χ1v) is 17.1. The Morgan fingerprint density at radius 1 is 1.09 bits per heavy atom. The maximum atomic E-state index is 12.6. The molecule has 0 bridgehead atoms. The van der Waals surface area contributed by atoms with Crippen molar-refractivity contribution in [1.82, 2.24) is 3.26 Å². The SMILES string of the molecule is CC1=CC[C]([Zr+2]([NH]C(=O)c2cc(C)cc(C)c2)[SiH](C)C)=C1.[Cl-].[Cl-]. The van der Waals surface area contributed by atoms with Crippen LogP contribution in [0.25, 0.3) is 0 Å². The molecule has 0 saturated carbocycles. The predicted octanol–water partition coefficient (Wildman–Crippen LogP) is -2.21.